The first-order valence-electron chi connectivity index (χ1n) is 6.74. The van der Waals surface area contributed by atoms with Crippen LogP contribution < -0.4 is 0 Å². The van der Waals surface area contributed by atoms with Gasteiger partial charge in [-0.1, -0.05) is 30.3 Å². The summed E-state index contributed by atoms with van der Waals surface area (Å²) >= 11 is 0. The van der Waals surface area contributed by atoms with Gasteiger partial charge in [0.25, 0.3) is 0 Å². The van der Waals surface area contributed by atoms with Crippen LogP contribution in [0.3, 0.4) is 0 Å². The third kappa shape index (κ3) is 3.03. The van der Waals surface area contributed by atoms with Gasteiger partial charge in [-0.15, -0.1) is 0 Å². The molecule has 2 aromatic heterocycles. The first-order valence-corrected chi connectivity index (χ1v) is 6.74. The van der Waals surface area contributed by atoms with Crippen LogP contribution in [0, 0.1) is 0 Å². The predicted octanol–water partition coefficient (Wildman–Crippen LogP) is 4.45. The molecule has 3 rings (SSSR count). The van der Waals surface area contributed by atoms with Crippen LogP contribution in [0.25, 0.3) is 11.1 Å². The molecule has 0 saturated carbocycles. The number of hydrogen-bond donors (Lipinski definition) is 0. The number of aromatic nitrogens is 2. The van der Waals surface area contributed by atoms with Gasteiger partial charge in [0, 0.05) is 7.05 Å². The third-order valence-corrected chi connectivity index (χ3v) is 3.21. The molecular weight excluding hydrogens is 307 g/mol. The fourth-order valence-electron chi connectivity index (χ4n) is 2.22. The summed E-state index contributed by atoms with van der Waals surface area (Å²) in [6, 6.07) is 11.6. The molecule has 0 amide bonds. The van der Waals surface area contributed by atoms with Crippen LogP contribution in [0.5, 0.6) is 0 Å². The highest BCUT2D eigenvalue weighted by molar-refractivity contribution is 5.83. The minimum absolute atomic E-state index is 0.0524. The summed E-state index contributed by atoms with van der Waals surface area (Å²) in [5.41, 5.74) is -0.610. The third-order valence-electron chi connectivity index (χ3n) is 3.21. The molecule has 0 unspecified atom stereocenters. The van der Waals surface area contributed by atoms with Crippen molar-refractivity contribution in [2.45, 2.75) is 6.18 Å². The van der Waals surface area contributed by atoms with E-state index in [9.17, 15) is 13.2 Å². The quantitative estimate of drug-likeness (QED) is 0.669. The van der Waals surface area contributed by atoms with Crippen LogP contribution in [0.15, 0.2) is 58.1 Å². The lowest BCUT2D eigenvalue weighted by atomic mass is 10.1. The maximum absolute atomic E-state index is 13.3. The first-order chi connectivity index (χ1) is 11.0. The average Bonchev–Trinajstić information content (AvgIpc) is 3.13. The van der Waals surface area contributed by atoms with Gasteiger partial charge in [0.1, 0.15) is 5.76 Å². The van der Waals surface area contributed by atoms with Gasteiger partial charge < -0.3 is 4.42 Å². The first kappa shape index (κ1) is 15.1. The van der Waals surface area contributed by atoms with E-state index in [1.54, 1.807) is 42.5 Å². The minimum atomic E-state index is -4.57. The van der Waals surface area contributed by atoms with Gasteiger partial charge in [0.15, 0.2) is 11.5 Å². The van der Waals surface area contributed by atoms with E-state index < -0.39 is 11.9 Å². The Morgan fingerprint density at radius 3 is 2.48 bits per heavy atom. The van der Waals surface area contributed by atoms with Crippen molar-refractivity contribution in [3.63, 3.8) is 0 Å². The maximum atomic E-state index is 13.3. The Morgan fingerprint density at radius 1 is 1.13 bits per heavy atom. The molecule has 118 valence electrons. The highest BCUT2D eigenvalue weighted by Crippen LogP contribution is 2.41. The second kappa shape index (κ2) is 5.75. The maximum Gasteiger partial charge on any atom is 0.435 e. The number of alkyl halides is 3. The van der Waals surface area contributed by atoms with Crippen molar-refractivity contribution in [2.24, 2.45) is 12.0 Å². The number of rotatable bonds is 3. The number of halogens is 3. The fourth-order valence-corrected chi connectivity index (χ4v) is 2.22. The lowest BCUT2D eigenvalue weighted by Crippen LogP contribution is -2.08. The topological polar surface area (TPSA) is 43.3 Å². The van der Waals surface area contributed by atoms with Gasteiger partial charge in [-0.3, -0.25) is 0 Å². The average molecular weight is 319 g/mol. The van der Waals surface area contributed by atoms with Gasteiger partial charge in [-0.25, -0.2) is 9.67 Å². The van der Waals surface area contributed by atoms with E-state index in [4.69, 9.17) is 4.42 Å². The van der Waals surface area contributed by atoms with Crippen molar-refractivity contribution in [1.29, 1.82) is 0 Å². The molecule has 7 heteroatoms. The largest absolute Gasteiger partial charge is 0.463 e. The summed E-state index contributed by atoms with van der Waals surface area (Å²) in [5.74, 6) is 0.554. The SMILES string of the molecule is Cn1nc(C(F)(F)F)c(-c2ccccc2)c1N=Cc1ccco1. The van der Waals surface area contributed by atoms with Crippen molar-refractivity contribution in [3.05, 3.63) is 60.2 Å². The van der Waals surface area contributed by atoms with E-state index in [-0.39, 0.29) is 11.4 Å². The molecule has 0 spiro atoms. The Bertz CT molecular complexity index is 818. The lowest BCUT2D eigenvalue weighted by molar-refractivity contribution is -0.140. The minimum Gasteiger partial charge on any atom is -0.463 e. The molecule has 0 atom stereocenters. The normalized spacial score (nSPS) is 12.2. The summed E-state index contributed by atoms with van der Waals surface area (Å²) in [5, 5.41) is 3.61. The zero-order chi connectivity index (χ0) is 16.4. The number of aryl methyl sites for hydroxylation is 1. The van der Waals surface area contributed by atoms with E-state index >= 15 is 0 Å². The second-order valence-corrected chi connectivity index (χ2v) is 4.81. The van der Waals surface area contributed by atoms with Crippen LogP contribution in [0.1, 0.15) is 11.5 Å². The Hall–Kier alpha value is -2.83. The van der Waals surface area contributed by atoms with Crippen LogP contribution in [0.2, 0.25) is 0 Å². The van der Waals surface area contributed by atoms with Crippen LogP contribution >= 0.6 is 0 Å². The standard InChI is InChI=1S/C16H12F3N3O/c1-22-15(20-10-12-8-5-9-23-12)13(11-6-3-2-4-7-11)14(21-22)16(17,18)19/h2-10H,1H3. The fraction of sp³-hybridized carbons (Fsp3) is 0.125. The van der Waals surface area contributed by atoms with E-state index in [0.29, 0.717) is 11.3 Å². The van der Waals surface area contributed by atoms with E-state index in [0.717, 1.165) is 4.68 Å². The van der Waals surface area contributed by atoms with Gasteiger partial charge in [-0.05, 0) is 17.7 Å². The molecule has 3 aromatic rings. The lowest BCUT2D eigenvalue weighted by Gasteiger charge is -2.06. The number of furan rings is 1. The van der Waals surface area contributed by atoms with E-state index in [2.05, 4.69) is 10.1 Å². The molecule has 0 bridgehead atoms. The summed E-state index contributed by atoms with van der Waals surface area (Å²) in [6.07, 6.45) is -1.74. The number of hydrogen-bond acceptors (Lipinski definition) is 3. The zero-order valence-corrected chi connectivity index (χ0v) is 12.1. The van der Waals surface area contributed by atoms with Gasteiger partial charge >= 0.3 is 6.18 Å². The summed E-state index contributed by atoms with van der Waals surface area (Å²) in [4.78, 5) is 4.14. The number of benzene rings is 1. The number of aliphatic imine (C=N–C) groups is 1. The monoisotopic (exact) mass is 319 g/mol. The molecule has 0 aliphatic carbocycles. The van der Waals surface area contributed by atoms with Gasteiger partial charge in [0.2, 0.25) is 0 Å². The molecule has 2 heterocycles. The highest BCUT2D eigenvalue weighted by atomic mass is 19.4. The van der Waals surface area contributed by atoms with E-state index in [1.807, 2.05) is 0 Å². The predicted molar refractivity (Wildman–Crippen MR) is 79.6 cm³/mol. The number of nitrogens with zero attached hydrogens (tertiary/aromatic N) is 3. The Balaban J connectivity index is 2.17. The summed E-state index contributed by atoms with van der Waals surface area (Å²) < 4.78 is 46.1. The zero-order valence-electron chi connectivity index (χ0n) is 12.1. The second-order valence-electron chi connectivity index (χ2n) is 4.81. The van der Waals surface area contributed by atoms with Gasteiger partial charge in [-0.2, -0.15) is 18.3 Å². The smallest absolute Gasteiger partial charge is 0.435 e. The van der Waals surface area contributed by atoms with E-state index in [1.165, 1.54) is 19.5 Å². The van der Waals surface area contributed by atoms with Crippen molar-refractivity contribution in [3.8, 4) is 11.1 Å². The molecule has 0 aliphatic heterocycles. The van der Waals surface area contributed by atoms with Crippen molar-refractivity contribution in [2.75, 3.05) is 0 Å². The van der Waals surface area contributed by atoms with Crippen molar-refractivity contribution in [1.82, 2.24) is 9.78 Å². The Morgan fingerprint density at radius 2 is 1.87 bits per heavy atom. The molecule has 0 N–H and O–H groups in total. The molecule has 1 aromatic carbocycles. The Kier molecular flexibility index (Phi) is 3.77. The van der Waals surface area contributed by atoms with Crippen molar-refractivity contribution < 1.29 is 17.6 Å². The Labute approximate surface area is 129 Å². The van der Waals surface area contributed by atoms with Gasteiger partial charge in [0.05, 0.1) is 18.0 Å². The molecule has 0 fully saturated rings. The molecular formula is C16H12F3N3O. The molecule has 23 heavy (non-hydrogen) atoms. The highest BCUT2D eigenvalue weighted by Gasteiger charge is 2.39. The summed E-state index contributed by atoms with van der Waals surface area (Å²) in [7, 11) is 1.43. The molecule has 0 radical (unpaired) electrons. The van der Waals surface area contributed by atoms with Crippen molar-refractivity contribution >= 4 is 12.0 Å². The molecule has 0 saturated heterocycles. The summed E-state index contributed by atoms with van der Waals surface area (Å²) in [6.45, 7) is 0. The molecule has 0 aliphatic rings. The van der Waals surface area contributed by atoms with Crippen LogP contribution in [0.4, 0.5) is 19.0 Å². The van der Waals surface area contributed by atoms with Crippen LogP contribution in [-0.2, 0) is 13.2 Å². The van der Waals surface area contributed by atoms with Crippen LogP contribution in [-0.4, -0.2) is 16.0 Å². The molecule has 4 nitrogen and oxygen atoms in total.